The van der Waals surface area contributed by atoms with E-state index >= 15 is 0 Å². The maximum atomic E-state index is 13.9. The molecule has 0 saturated heterocycles. The third-order valence-electron chi connectivity index (χ3n) is 10.8. The predicted octanol–water partition coefficient (Wildman–Crippen LogP) is 9.88. The van der Waals surface area contributed by atoms with E-state index < -0.39 is 5.92 Å². The fraction of sp³-hybridized carbons (Fsp3) is 0.548. The van der Waals surface area contributed by atoms with Gasteiger partial charge < -0.3 is 14.9 Å². The Kier molecular flexibility index (Phi) is 10.9. The summed E-state index contributed by atoms with van der Waals surface area (Å²) in [5.41, 5.74) is 6.95. The van der Waals surface area contributed by atoms with Gasteiger partial charge in [0.1, 0.15) is 0 Å². The number of rotatable bonds is 16. The number of fused-ring (bicyclic) bond motifs is 2. The van der Waals surface area contributed by atoms with Gasteiger partial charge >= 0.3 is 0 Å². The zero-order valence-corrected chi connectivity index (χ0v) is 29.5. The molecular weight excluding hydrogens is 564 g/mol. The van der Waals surface area contributed by atoms with Crippen LogP contribution in [0.1, 0.15) is 130 Å². The van der Waals surface area contributed by atoms with E-state index in [2.05, 4.69) is 99.9 Å². The highest BCUT2D eigenvalue weighted by Crippen LogP contribution is 2.51. The Morgan fingerprint density at radius 1 is 0.652 bits per heavy atom. The molecule has 2 aromatic rings. The molecule has 1 atom stereocenters. The minimum Gasteiger partial charge on any atom is -0.874 e. The van der Waals surface area contributed by atoms with E-state index in [1.165, 1.54) is 86.7 Å². The minimum atomic E-state index is -0.707. The average Bonchev–Trinajstić information content (AvgIpc) is 3.40. The molecule has 0 bridgehead atoms. The molecule has 2 aromatic carbocycles. The number of allylic oxidation sites excluding steroid dienone is 5. The monoisotopic (exact) mass is 621 g/mol. The first-order valence-electron chi connectivity index (χ1n) is 18.3. The van der Waals surface area contributed by atoms with Gasteiger partial charge in [-0.15, -0.1) is 5.76 Å². The molecule has 5 rings (SSSR count). The summed E-state index contributed by atoms with van der Waals surface area (Å²) in [6.07, 6.45) is 18.7. The fourth-order valence-corrected chi connectivity index (χ4v) is 7.91. The number of carbonyl (C=O) groups is 1. The Morgan fingerprint density at radius 3 is 1.59 bits per heavy atom. The molecule has 2 heterocycles. The maximum absolute atomic E-state index is 13.9. The first-order valence-corrected chi connectivity index (χ1v) is 18.3. The quantitative estimate of drug-likeness (QED) is 0.175. The van der Waals surface area contributed by atoms with Crippen molar-refractivity contribution < 1.29 is 9.90 Å². The van der Waals surface area contributed by atoms with Crippen LogP contribution in [-0.2, 0) is 15.6 Å². The van der Waals surface area contributed by atoms with E-state index in [9.17, 15) is 9.90 Å². The molecule has 0 spiro atoms. The largest absolute Gasteiger partial charge is 0.874 e. The minimum absolute atomic E-state index is 0.0393. The van der Waals surface area contributed by atoms with Crippen LogP contribution in [0.25, 0.3) is 0 Å². The van der Waals surface area contributed by atoms with Crippen LogP contribution in [0.2, 0.25) is 0 Å². The highest BCUT2D eigenvalue weighted by molar-refractivity contribution is 6.09. The molecular formula is C42H57N2O2-. The van der Waals surface area contributed by atoms with Crippen molar-refractivity contribution in [1.82, 2.24) is 0 Å². The molecule has 1 unspecified atom stereocenters. The molecule has 2 aliphatic heterocycles. The Morgan fingerprint density at radius 2 is 1.09 bits per heavy atom. The van der Waals surface area contributed by atoms with Gasteiger partial charge in [-0.3, -0.25) is 4.79 Å². The summed E-state index contributed by atoms with van der Waals surface area (Å²) >= 11 is 0. The first kappa shape index (κ1) is 34.1. The van der Waals surface area contributed by atoms with Crippen LogP contribution in [0.4, 0.5) is 11.4 Å². The molecule has 248 valence electrons. The second kappa shape index (κ2) is 14.7. The highest BCUT2D eigenvalue weighted by atomic mass is 16.3. The molecule has 1 aliphatic carbocycles. The summed E-state index contributed by atoms with van der Waals surface area (Å²) in [7, 11) is 0. The molecule has 0 amide bonds. The lowest BCUT2D eigenvalue weighted by Crippen LogP contribution is -2.39. The van der Waals surface area contributed by atoms with E-state index in [1.54, 1.807) is 0 Å². The Balaban J connectivity index is 1.40. The van der Waals surface area contributed by atoms with Crippen molar-refractivity contribution in [2.24, 2.45) is 5.92 Å². The van der Waals surface area contributed by atoms with Gasteiger partial charge in [-0.25, -0.2) is 0 Å². The molecule has 3 aliphatic rings. The van der Waals surface area contributed by atoms with Crippen LogP contribution >= 0.6 is 0 Å². The van der Waals surface area contributed by atoms with E-state index in [4.69, 9.17) is 0 Å². The van der Waals surface area contributed by atoms with Crippen molar-refractivity contribution in [3.8, 4) is 0 Å². The summed E-state index contributed by atoms with van der Waals surface area (Å²) in [4.78, 5) is 18.6. The van der Waals surface area contributed by atoms with Crippen molar-refractivity contribution in [3.63, 3.8) is 0 Å². The molecule has 0 saturated carbocycles. The number of hydrogen-bond donors (Lipinski definition) is 0. The number of nitrogens with zero attached hydrogens (tertiary/aromatic N) is 2. The smallest absolute Gasteiger partial charge is 0.172 e. The first-order chi connectivity index (χ1) is 22.1. The second-order valence-electron chi connectivity index (χ2n) is 14.8. The second-order valence-corrected chi connectivity index (χ2v) is 14.8. The number of anilines is 2. The summed E-state index contributed by atoms with van der Waals surface area (Å²) in [5, 5.41) is 13.9. The zero-order chi connectivity index (χ0) is 32.9. The Labute approximate surface area is 279 Å². The van der Waals surface area contributed by atoms with E-state index in [0.717, 1.165) is 37.3 Å². The van der Waals surface area contributed by atoms with Gasteiger partial charge in [0.05, 0.1) is 5.92 Å². The zero-order valence-electron chi connectivity index (χ0n) is 29.5. The molecule has 46 heavy (non-hydrogen) atoms. The lowest BCUT2D eigenvalue weighted by Gasteiger charge is -2.37. The Bertz CT molecular complexity index is 1480. The maximum Gasteiger partial charge on any atom is 0.172 e. The fourth-order valence-electron chi connectivity index (χ4n) is 7.91. The topological polar surface area (TPSA) is 46.6 Å². The van der Waals surface area contributed by atoms with Crippen LogP contribution < -0.4 is 14.9 Å². The molecule has 0 fully saturated rings. The third kappa shape index (κ3) is 6.60. The molecule has 0 N–H and O–H groups in total. The third-order valence-corrected chi connectivity index (χ3v) is 10.8. The van der Waals surface area contributed by atoms with Gasteiger partial charge in [0, 0.05) is 52.3 Å². The standard InChI is InChI=1S/C42H58N2O2/c1-7-9-11-13-15-21-27-43-35-25-19-17-23-33(35)41(3,4)37(43)29-31-39(45)32(40(31)46)30-38-42(5,6)34-24-18-20-26-36(34)44(38)28-22-16-14-12-10-8-2/h17-20,23-26,29-31,45H,7-16,21-22,27-28H2,1-6H3/p-1/b37-29-,38-30+. The summed E-state index contributed by atoms with van der Waals surface area (Å²) in [6.45, 7) is 15.2. The van der Waals surface area contributed by atoms with Crippen molar-refractivity contribution in [3.05, 3.63) is 94.5 Å². The number of para-hydroxylation sites is 2. The van der Waals surface area contributed by atoms with Gasteiger partial charge in [-0.2, -0.15) is 0 Å². The SMILES string of the molecule is CCCCCCCCN1/C(=C\C2C(=O)C(/C=C3/N(CCCCCCCC)c4ccccc4C3(C)C)=C2[O-])C(C)(C)c2ccccc21. The van der Waals surface area contributed by atoms with Crippen LogP contribution in [0.15, 0.2) is 83.4 Å². The summed E-state index contributed by atoms with van der Waals surface area (Å²) in [5.74, 6) is -0.786. The summed E-state index contributed by atoms with van der Waals surface area (Å²) < 4.78 is 0. The normalized spacial score (nSPS) is 21.3. The van der Waals surface area contributed by atoms with Gasteiger partial charge in [0.15, 0.2) is 5.78 Å². The van der Waals surface area contributed by atoms with Crippen molar-refractivity contribution in [2.75, 3.05) is 22.9 Å². The Hall–Kier alpha value is -3.27. The van der Waals surface area contributed by atoms with Gasteiger partial charge in [0.25, 0.3) is 0 Å². The number of benzene rings is 2. The lowest BCUT2D eigenvalue weighted by atomic mass is 9.76. The van der Waals surface area contributed by atoms with E-state index in [0.29, 0.717) is 5.57 Å². The van der Waals surface area contributed by atoms with Crippen molar-refractivity contribution in [2.45, 2.75) is 129 Å². The van der Waals surface area contributed by atoms with Gasteiger partial charge in [-0.1, -0.05) is 142 Å². The van der Waals surface area contributed by atoms with E-state index in [-0.39, 0.29) is 22.4 Å². The number of unbranched alkanes of at least 4 members (excludes halogenated alkanes) is 10. The van der Waals surface area contributed by atoms with Gasteiger partial charge in [0.2, 0.25) is 0 Å². The molecule has 0 aromatic heterocycles. The molecule has 4 heteroatoms. The van der Waals surface area contributed by atoms with Crippen LogP contribution in [0.3, 0.4) is 0 Å². The predicted molar refractivity (Wildman–Crippen MR) is 192 cm³/mol. The number of Topliss-reactive ketones (excluding diaryl/α,β-unsaturated/α-hetero) is 1. The van der Waals surface area contributed by atoms with Crippen LogP contribution in [0, 0.1) is 5.92 Å². The number of carbonyl (C=O) groups excluding carboxylic acids is 1. The number of ketones is 1. The lowest BCUT2D eigenvalue weighted by molar-refractivity contribution is -0.315. The number of hydrogen-bond acceptors (Lipinski definition) is 4. The highest BCUT2D eigenvalue weighted by Gasteiger charge is 2.44. The average molecular weight is 622 g/mol. The van der Waals surface area contributed by atoms with Crippen molar-refractivity contribution in [1.29, 1.82) is 0 Å². The van der Waals surface area contributed by atoms with Crippen LogP contribution in [0.5, 0.6) is 0 Å². The van der Waals surface area contributed by atoms with Crippen LogP contribution in [-0.4, -0.2) is 18.9 Å². The molecule has 0 radical (unpaired) electrons. The van der Waals surface area contributed by atoms with Crippen molar-refractivity contribution >= 4 is 17.2 Å². The summed E-state index contributed by atoms with van der Waals surface area (Å²) in [6, 6.07) is 17.2. The van der Waals surface area contributed by atoms with Gasteiger partial charge in [-0.05, 0) is 48.3 Å². The van der Waals surface area contributed by atoms with E-state index in [1.807, 2.05) is 12.2 Å². The molecule has 4 nitrogen and oxygen atoms in total.